The van der Waals surface area contributed by atoms with Gasteiger partial charge in [0.15, 0.2) is 0 Å². The smallest absolute Gasteiger partial charge is 0.314 e. The van der Waals surface area contributed by atoms with Crippen LogP contribution in [0.2, 0.25) is 0 Å². The fourth-order valence-electron chi connectivity index (χ4n) is 2.32. The number of nitrogens with one attached hydrogen (secondary N) is 2. The number of hydrogen-bond donors (Lipinski definition) is 3. The van der Waals surface area contributed by atoms with Crippen LogP contribution in [0.5, 0.6) is 0 Å². The fourth-order valence-corrected chi connectivity index (χ4v) is 3.35. The first-order valence-corrected chi connectivity index (χ1v) is 8.85. The number of aromatic nitrogens is 2. The molecule has 1 aromatic rings. The SMILES string of the molecule is CC[C@@H](CO)NC(=O)C(=O)Nc1c2c(nn1C(C)(C)C)CSC2. The minimum Gasteiger partial charge on any atom is -0.394 e. The zero-order chi connectivity index (χ0) is 17.2. The van der Waals surface area contributed by atoms with Gasteiger partial charge in [0.2, 0.25) is 0 Å². The Morgan fingerprint density at radius 3 is 2.61 bits per heavy atom. The molecular formula is C15H24N4O3S. The number of anilines is 1. The Bertz CT molecular complexity index is 603. The van der Waals surface area contributed by atoms with Crippen LogP contribution in [0.3, 0.4) is 0 Å². The number of aliphatic hydroxyl groups excluding tert-OH is 1. The van der Waals surface area contributed by atoms with Gasteiger partial charge >= 0.3 is 11.8 Å². The first-order valence-electron chi connectivity index (χ1n) is 7.69. The summed E-state index contributed by atoms with van der Waals surface area (Å²) < 4.78 is 1.77. The number of carbonyl (C=O) groups excluding carboxylic acids is 2. The Balaban J connectivity index is 2.19. The number of aliphatic hydroxyl groups is 1. The predicted molar refractivity (Wildman–Crippen MR) is 90.2 cm³/mol. The van der Waals surface area contributed by atoms with Crippen molar-refractivity contribution in [1.82, 2.24) is 15.1 Å². The Morgan fingerprint density at radius 2 is 2.04 bits per heavy atom. The average Bonchev–Trinajstić information content (AvgIpc) is 3.06. The molecule has 128 valence electrons. The monoisotopic (exact) mass is 340 g/mol. The molecule has 0 saturated heterocycles. The first kappa shape index (κ1) is 17.8. The zero-order valence-electron chi connectivity index (χ0n) is 14.0. The van der Waals surface area contributed by atoms with Crippen LogP contribution < -0.4 is 10.6 Å². The molecule has 0 saturated carbocycles. The number of hydrogen-bond acceptors (Lipinski definition) is 5. The third-order valence-electron chi connectivity index (χ3n) is 3.67. The topological polar surface area (TPSA) is 96.2 Å². The van der Waals surface area contributed by atoms with Gasteiger partial charge < -0.3 is 15.7 Å². The molecule has 0 aromatic carbocycles. The molecule has 7 nitrogen and oxygen atoms in total. The van der Waals surface area contributed by atoms with Gasteiger partial charge in [-0.2, -0.15) is 16.9 Å². The van der Waals surface area contributed by atoms with Crippen LogP contribution in [0.25, 0.3) is 0 Å². The quantitative estimate of drug-likeness (QED) is 0.716. The third kappa shape index (κ3) is 3.87. The van der Waals surface area contributed by atoms with Gasteiger partial charge in [-0.1, -0.05) is 6.92 Å². The third-order valence-corrected chi connectivity index (χ3v) is 4.64. The number of fused-ring (bicyclic) bond motifs is 1. The Morgan fingerprint density at radius 1 is 1.35 bits per heavy atom. The summed E-state index contributed by atoms with van der Waals surface area (Å²) in [7, 11) is 0. The minimum atomic E-state index is -0.744. The van der Waals surface area contributed by atoms with Crippen molar-refractivity contribution in [2.24, 2.45) is 0 Å². The van der Waals surface area contributed by atoms with Crippen LogP contribution in [0.1, 0.15) is 45.4 Å². The molecule has 2 heterocycles. The summed E-state index contributed by atoms with van der Waals surface area (Å²) >= 11 is 1.74. The standard InChI is InChI=1S/C15H24N4O3S/c1-5-9(6-20)16-13(21)14(22)17-12-10-7-23-8-11(10)18-19(12)15(2,3)4/h9,20H,5-8H2,1-4H3,(H,16,21)(H,17,22)/t9-/m0/s1. The van der Waals surface area contributed by atoms with Crippen molar-refractivity contribution in [1.29, 1.82) is 0 Å². The lowest BCUT2D eigenvalue weighted by atomic mass is 10.1. The van der Waals surface area contributed by atoms with Crippen LogP contribution in [-0.2, 0) is 26.6 Å². The van der Waals surface area contributed by atoms with Gasteiger partial charge in [0.05, 0.1) is 23.9 Å². The van der Waals surface area contributed by atoms with Gasteiger partial charge in [-0.05, 0) is 27.2 Å². The predicted octanol–water partition coefficient (Wildman–Crippen LogP) is 1.21. The highest BCUT2D eigenvalue weighted by molar-refractivity contribution is 7.98. The number of rotatable bonds is 4. The zero-order valence-corrected chi connectivity index (χ0v) is 14.8. The van der Waals surface area contributed by atoms with E-state index in [1.54, 1.807) is 16.4 Å². The van der Waals surface area contributed by atoms with E-state index in [-0.39, 0.29) is 12.1 Å². The van der Waals surface area contributed by atoms with E-state index in [9.17, 15) is 9.59 Å². The molecule has 1 atom stereocenters. The van der Waals surface area contributed by atoms with Crippen molar-refractivity contribution in [2.45, 2.75) is 57.2 Å². The van der Waals surface area contributed by atoms with Crippen LogP contribution in [0.4, 0.5) is 5.82 Å². The minimum absolute atomic E-state index is 0.193. The summed E-state index contributed by atoms with van der Waals surface area (Å²) in [5.41, 5.74) is 1.65. The Hall–Kier alpha value is -1.54. The fraction of sp³-hybridized carbons (Fsp3) is 0.667. The maximum absolute atomic E-state index is 12.2. The Labute approximate surface area is 140 Å². The highest BCUT2D eigenvalue weighted by Gasteiger charge is 2.30. The molecule has 1 aromatic heterocycles. The lowest BCUT2D eigenvalue weighted by molar-refractivity contribution is -0.136. The van der Waals surface area contributed by atoms with Crippen LogP contribution in [0.15, 0.2) is 0 Å². The molecule has 23 heavy (non-hydrogen) atoms. The second-order valence-corrected chi connectivity index (χ2v) is 7.55. The summed E-state index contributed by atoms with van der Waals surface area (Å²) in [5, 5.41) is 18.9. The number of amides is 2. The summed E-state index contributed by atoms with van der Waals surface area (Å²) in [6, 6.07) is -0.415. The Kier molecular flexibility index (Phi) is 5.36. The van der Waals surface area contributed by atoms with E-state index in [2.05, 4.69) is 15.7 Å². The lowest BCUT2D eigenvalue weighted by Crippen LogP contribution is -2.43. The van der Waals surface area contributed by atoms with Gasteiger partial charge in [0, 0.05) is 17.1 Å². The molecule has 0 spiro atoms. The van der Waals surface area contributed by atoms with E-state index in [1.807, 2.05) is 27.7 Å². The number of thioether (sulfide) groups is 1. The van der Waals surface area contributed by atoms with Crippen molar-refractivity contribution in [3.8, 4) is 0 Å². The van der Waals surface area contributed by atoms with E-state index in [0.29, 0.717) is 12.2 Å². The van der Waals surface area contributed by atoms with E-state index in [0.717, 1.165) is 22.8 Å². The molecule has 3 N–H and O–H groups in total. The van der Waals surface area contributed by atoms with Gasteiger partial charge in [0.25, 0.3) is 0 Å². The lowest BCUT2D eigenvalue weighted by Gasteiger charge is -2.23. The molecule has 0 unspecified atom stereocenters. The molecule has 0 bridgehead atoms. The molecule has 2 rings (SSSR count). The molecule has 2 amide bonds. The highest BCUT2D eigenvalue weighted by Crippen LogP contribution is 2.37. The largest absolute Gasteiger partial charge is 0.394 e. The molecule has 0 fully saturated rings. The van der Waals surface area contributed by atoms with Crippen LogP contribution in [-0.4, -0.2) is 39.4 Å². The van der Waals surface area contributed by atoms with Gasteiger partial charge in [-0.3, -0.25) is 9.59 Å². The van der Waals surface area contributed by atoms with Crippen LogP contribution in [0, 0.1) is 0 Å². The van der Waals surface area contributed by atoms with Crippen molar-refractivity contribution in [3.05, 3.63) is 11.3 Å². The molecule has 1 aliphatic heterocycles. The second-order valence-electron chi connectivity index (χ2n) is 6.56. The van der Waals surface area contributed by atoms with Gasteiger partial charge in [-0.15, -0.1) is 0 Å². The van der Waals surface area contributed by atoms with E-state index < -0.39 is 17.9 Å². The summed E-state index contributed by atoms with van der Waals surface area (Å²) in [6.07, 6.45) is 0.557. The highest BCUT2D eigenvalue weighted by atomic mass is 32.2. The maximum atomic E-state index is 12.2. The van der Waals surface area contributed by atoms with Crippen molar-refractivity contribution >= 4 is 29.4 Å². The maximum Gasteiger partial charge on any atom is 0.314 e. The van der Waals surface area contributed by atoms with Gasteiger partial charge in [0.1, 0.15) is 5.82 Å². The van der Waals surface area contributed by atoms with Crippen LogP contribution >= 0.6 is 11.8 Å². The molecule has 8 heteroatoms. The normalized spacial score (nSPS) is 15.2. The molecule has 1 aliphatic rings. The summed E-state index contributed by atoms with van der Waals surface area (Å²) in [6.45, 7) is 7.63. The van der Waals surface area contributed by atoms with Gasteiger partial charge in [-0.25, -0.2) is 4.68 Å². The van der Waals surface area contributed by atoms with Crippen molar-refractivity contribution < 1.29 is 14.7 Å². The summed E-state index contributed by atoms with van der Waals surface area (Å²) in [5.74, 6) is 0.705. The molecular weight excluding hydrogens is 316 g/mol. The molecule has 0 radical (unpaired) electrons. The first-order chi connectivity index (χ1) is 10.8. The van der Waals surface area contributed by atoms with E-state index in [1.165, 1.54) is 0 Å². The second kappa shape index (κ2) is 6.92. The van der Waals surface area contributed by atoms with Crippen molar-refractivity contribution in [2.75, 3.05) is 11.9 Å². The summed E-state index contributed by atoms with van der Waals surface area (Å²) in [4.78, 5) is 24.2. The van der Waals surface area contributed by atoms with Crippen molar-refractivity contribution in [3.63, 3.8) is 0 Å². The van der Waals surface area contributed by atoms with E-state index >= 15 is 0 Å². The van der Waals surface area contributed by atoms with E-state index in [4.69, 9.17) is 5.11 Å². The number of nitrogens with zero attached hydrogens (tertiary/aromatic N) is 2. The number of carbonyl (C=O) groups is 2. The average molecular weight is 340 g/mol. The molecule has 0 aliphatic carbocycles.